The molecule has 0 atom stereocenters. The lowest BCUT2D eigenvalue weighted by Crippen LogP contribution is -2.48. The molecule has 2 rings (SSSR count). The van der Waals surface area contributed by atoms with E-state index in [1.165, 1.54) is 0 Å². The van der Waals surface area contributed by atoms with Crippen molar-refractivity contribution < 1.29 is 0 Å². The van der Waals surface area contributed by atoms with Crippen LogP contribution < -0.4 is 11.3 Å². The van der Waals surface area contributed by atoms with E-state index >= 15 is 0 Å². The molecule has 1 aliphatic heterocycles. The summed E-state index contributed by atoms with van der Waals surface area (Å²) in [4.78, 5) is 9.20. The molecule has 0 amide bonds. The summed E-state index contributed by atoms with van der Waals surface area (Å²) in [5, 5.41) is 0. The minimum Gasteiger partial charge on any atom is -0.308 e. The van der Waals surface area contributed by atoms with Crippen LogP contribution in [0.5, 0.6) is 0 Å². The van der Waals surface area contributed by atoms with Crippen LogP contribution in [0.25, 0.3) is 0 Å². The van der Waals surface area contributed by atoms with Gasteiger partial charge in [-0.3, -0.25) is 9.80 Å². The Balaban J connectivity index is 1.91. The molecular weight excluding hydrogens is 226 g/mol. The van der Waals surface area contributed by atoms with Crippen LogP contribution >= 0.6 is 0 Å². The van der Waals surface area contributed by atoms with Crippen LogP contribution in [0.1, 0.15) is 19.4 Å². The lowest BCUT2D eigenvalue weighted by Gasteiger charge is -2.37. The van der Waals surface area contributed by atoms with Gasteiger partial charge in [0, 0.05) is 50.5 Å². The van der Waals surface area contributed by atoms with Crippen molar-refractivity contribution in [1.29, 1.82) is 0 Å². The molecule has 0 radical (unpaired) electrons. The first kappa shape index (κ1) is 13.3. The second kappa shape index (κ2) is 6.13. The molecule has 0 aromatic carbocycles. The average molecular weight is 249 g/mol. The van der Waals surface area contributed by atoms with Crippen molar-refractivity contribution in [1.82, 2.24) is 14.8 Å². The van der Waals surface area contributed by atoms with Gasteiger partial charge in [-0.15, -0.1) is 0 Å². The van der Waals surface area contributed by atoms with Crippen LogP contribution in [0.4, 0.5) is 5.82 Å². The summed E-state index contributed by atoms with van der Waals surface area (Å²) >= 11 is 0. The maximum absolute atomic E-state index is 5.48. The molecule has 1 aliphatic rings. The van der Waals surface area contributed by atoms with Crippen LogP contribution in [0.2, 0.25) is 0 Å². The fourth-order valence-electron chi connectivity index (χ4n) is 2.37. The Bertz CT molecular complexity index is 371. The zero-order valence-electron chi connectivity index (χ0n) is 11.3. The molecule has 0 bridgehead atoms. The normalized spacial score (nSPS) is 18.2. The van der Waals surface area contributed by atoms with Crippen molar-refractivity contribution in [3.05, 3.63) is 23.9 Å². The van der Waals surface area contributed by atoms with Gasteiger partial charge in [-0.05, 0) is 19.9 Å². The topological polar surface area (TPSA) is 57.4 Å². The molecule has 2 heterocycles. The van der Waals surface area contributed by atoms with Gasteiger partial charge in [0.2, 0.25) is 0 Å². The first-order chi connectivity index (χ1) is 8.70. The first-order valence-electron chi connectivity index (χ1n) is 6.57. The van der Waals surface area contributed by atoms with Crippen molar-refractivity contribution in [2.24, 2.45) is 5.84 Å². The predicted molar refractivity (Wildman–Crippen MR) is 74.0 cm³/mol. The summed E-state index contributed by atoms with van der Waals surface area (Å²) in [6.07, 6.45) is 1.76. The lowest BCUT2D eigenvalue weighted by molar-refractivity contribution is 0.104. The van der Waals surface area contributed by atoms with Gasteiger partial charge in [0.25, 0.3) is 0 Å². The molecule has 100 valence electrons. The number of rotatable bonds is 4. The van der Waals surface area contributed by atoms with Gasteiger partial charge in [0.05, 0.1) is 0 Å². The zero-order valence-corrected chi connectivity index (χ0v) is 11.3. The summed E-state index contributed by atoms with van der Waals surface area (Å²) in [5.74, 6) is 6.26. The Kier molecular flexibility index (Phi) is 4.52. The largest absolute Gasteiger partial charge is 0.308 e. The van der Waals surface area contributed by atoms with Crippen molar-refractivity contribution in [3.8, 4) is 0 Å². The van der Waals surface area contributed by atoms with E-state index in [9.17, 15) is 0 Å². The van der Waals surface area contributed by atoms with E-state index in [4.69, 9.17) is 5.84 Å². The summed E-state index contributed by atoms with van der Waals surface area (Å²) < 4.78 is 0. The average Bonchev–Trinajstić information content (AvgIpc) is 2.40. The van der Waals surface area contributed by atoms with Crippen molar-refractivity contribution in [3.63, 3.8) is 0 Å². The molecule has 5 nitrogen and oxygen atoms in total. The Hall–Kier alpha value is -1.17. The van der Waals surface area contributed by atoms with Gasteiger partial charge in [0.15, 0.2) is 0 Å². The number of piperazine rings is 1. The highest BCUT2D eigenvalue weighted by molar-refractivity contribution is 5.42. The molecule has 1 saturated heterocycles. The van der Waals surface area contributed by atoms with E-state index in [1.807, 2.05) is 6.07 Å². The molecule has 0 saturated carbocycles. The van der Waals surface area contributed by atoms with Crippen LogP contribution in [-0.2, 0) is 6.54 Å². The molecular formula is C13H23N5. The summed E-state index contributed by atoms with van der Waals surface area (Å²) in [7, 11) is 0. The predicted octanol–water partition coefficient (Wildman–Crippen LogP) is 0.893. The molecule has 0 spiro atoms. The van der Waals surface area contributed by atoms with Crippen LogP contribution in [0, 0.1) is 0 Å². The Labute approximate surface area is 109 Å². The maximum Gasteiger partial charge on any atom is 0.144 e. The minimum atomic E-state index is 0.645. The number of pyridine rings is 1. The van der Waals surface area contributed by atoms with Crippen LogP contribution in [0.3, 0.4) is 0 Å². The SMILES string of the molecule is CC(C)N1CCN(Cc2cccnc2NN)CC1. The molecule has 18 heavy (non-hydrogen) atoms. The summed E-state index contributed by atoms with van der Waals surface area (Å²) in [6.45, 7) is 9.93. The van der Waals surface area contributed by atoms with Gasteiger partial charge >= 0.3 is 0 Å². The molecule has 1 aromatic heterocycles. The van der Waals surface area contributed by atoms with E-state index in [1.54, 1.807) is 6.20 Å². The number of anilines is 1. The van der Waals surface area contributed by atoms with E-state index in [-0.39, 0.29) is 0 Å². The second-order valence-corrected chi connectivity index (χ2v) is 5.06. The van der Waals surface area contributed by atoms with E-state index in [2.05, 4.69) is 40.1 Å². The van der Waals surface area contributed by atoms with E-state index in [0.717, 1.165) is 44.1 Å². The Morgan fingerprint density at radius 2 is 2.06 bits per heavy atom. The standard InChI is InChI=1S/C13H23N5/c1-11(2)18-8-6-17(7-9-18)10-12-4-3-5-15-13(12)16-14/h3-5,11H,6-10,14H2,1-2H3,(H,15,16). The molecule has 5 heteroatoms. The van der Waals surface area contributed by atoms with Crippen molar-refractivity contribution >= 4 is 5.82 Å². The van der Waals surface area contributed by atoms with Gasteiger partial charge in [-0.2, -0.15) is 0 Å². The quantitative estimate of drug-likeness (QED) is 0.613. The summed E-state index contributed by atoms with van der Waals surface area (Å²) in [5.41, 5.74) is 3.83. The minimum absolute atomic E-state index is 0.645. The zero-order chi connectivity index (χ0) is 13.0. The molecule has 0 aliphatic carbocycles. The third-order valence-electron chi connectivity index (χ3n) is 3.56. The van der Waals surface area contributed by atoms with E-state index in [0.29, 0.717) is 6.04 Å². The number of nitrogens with zero attached hydrogens (tertiary/aromatic N) is 3. The van der Waals surface area contributed by atoms with Crippen molar-refractivity contribution in [2.45, 2.75) is 26.4 Å². The maximum atomic E-state index is 5.48. The summed E-state index contributed by atoms with van der Waals surface area (Å²) in [6, 6.07) is 4.68. The highest BCUT2D eigenvalue weighted by atomic mass is 15.3. The number of nitrogens with two attached hydrogens (primary N) is 1. The van der Waals surface area contributed by atoms with Crippen LogP contribution in [0.15, 0.2) is 18.3 Å². The number of nitrogens with one attached hydrogen (secondary N) is 1. The monoisotopic (exact) mass is 249 g/mol. The molecule has 3 N–H and O–H groups in total. The lowest BCUT2D eigenvalue weighted by atomic mass is 10.2. The third-order valence-corrected chi connectivity index (χ3v) is 3.56. The molecule has 1 aromatic rings. The second-order valence-electron chi connectivity index (χ2n) is 5.06. The third kappa shape index (κ3) is 3.19. The fraction of sp³-hybridized carbons (Fsp3) is 0.615. The Morgan fingerprint density at radius 1 is 1.33 bits per heavy atom. The Morgan fingerprint density at radius 3 is 2.67 bits per heavy atom. The molecule has 0 unspecified atom stereocenters. The number of aromatic nitrogens is 1. The highest BCUT2D eigenvalue weighted by Gasteiger charge is 2.19. The molecule has 1 fully saturated rings. The first-order valence-corrected chi connectivity index (χ1v) is 6.57. The number of hydrogen-bond donors (Lipinski definition) is 2. The number of hydrogen-bond acceptors (Lipinski definition) is 5. The van der Waals surface area contributed by atoms with E-state index < -0.39 is 0 Å². The van der Waals surface area contributed by atoms with Crippen LogP contribution in [-0.4, -0.2) is 47.0 Å². The number of nitrogen functional groups attached to an aromatic ring is 1. The highest BCUT2D eigenvalue weighted by Crippen LogP contribution is 2.15. The van der Waals surface area contributed by atoms with Crippen molar-refractivity contribution in [2.75, 3.05) is 31.6 Å². The fourth-order valence-corrected chi connectivity index (χ4v) is 2.37. The number of hydrazine groups is 1. The van der Waals surface area contributed by atoms with Gasteiger partial charge in [-0.25, -0.2) is 10.8 Å². The van der Waals surface area contributed by atoms with Gasteiger partial charge in [-0.1, -0.05) is 6.07 Å². The van der Waals surface area contributed by atoms with Gasteiger partial charge in [0.1, 0.15) is 5.82 Å². The van der Waals surface area contributed by atoms with Gasteiger partial charge < -0.3 is 5.43 Å². The smallest absolute Gasteiger partial charge is 0.144 e.